The zero-order valence-corrected chi connectivity index (χ0v) is 7.70. The summed E-state index contributed by atoms with van der Waals surface area (Å²) in [6.07, 6.45) is 3.03. The van der Waals surface area contributed by atoms with E-state index in [2.05, 4.69) is 4.98 Å². The van der Waals surface area contributed by atoms with Gasteiger partial charge in [0.15, 0.2) is 0 Å². The molecule has 0 spiro atoms. The average Bonchev–Trinajstić information content (AvgIpc) is 2.04. The third-order valence-electron chi connectivity index (χ3n) is 1.64. The van der Waals surface area contributed by atoms with Gasteiger partial charge in [-0.25, -0.2) is 4.79 Å². The molecule has 0 unspecified atom stereocenters. The van der Waals surface area contributed by atoms with Crippen molar-refractivity contribution in [1.82, 2.24) is 4.98 Å². The fraction of sp³-hybridized carbons (Fsp3) is 0.333. The number of nitrogens with two attached hydrogens (primary N) is 1. The lowest BCUT2D eigenvalue weighted by Crippen LogP contribution is -2.10. The minimum Gasteiger partial charge on any atom is -0.462 e. The molecule has 0 aliphatic heterocycles. The number of anilines is 1. The van der Waals surface area contributed by atoms with Gasteiger partial charge in [-0.15, -0.1) is 0 Å². The molecule has 1 rings (SSSR count). The van der Waals surface area contributed by atoms with Crippen molar-refractivity contribution >= 4 is 11.7 Å². The number of ether oxygens (including phenoxy) is 1. The first-order chi connectivity index (χ1) is 6.16. The summed E-state index contributed by atoms with van der Waals surface area (Å²) in [5.41, 5.74) is 7.10. The van der Waals surface area contributed by atoms with Crippen LogP contribution in [-0.4, -0.2) is 17.6 Å². The van der Waals surface area contributed by atoms with E-state index in [-0.39, 0.29) is 5.97 Å². The van der Waals surface area contributed by atoms with Crippen LogP contribution in [0.25, 0.3) is 0 Å². The van der Waals surface area contributed by atoms with E-state index in [1.54, 1.807) is 20.0 Å². The molecule has 4 nitrogen and oxygen atoms in total. The van der Waals surface area contributed by atoms with Crippen molar-refractivity contribution in [3.8, 4) is 0 Å². The summed E-state index contributed by atoms with van der Waals surface area (Å²) in [6.45, 7) is 3.88. The first-order valence-electron chi connectivity index (χ1n) is 4.04. The zero-order valence-electron chi connectivity index (χ0n) is 7.70. The van der Waals surface area contributed by atoms with Crippen LogP contribution in [0.2, 0.25) is 0 Å². The zero-order chi connectivity index (χ0) is 9.84. The van der Waals surface area contributed by atoms with Crippen molar-refractivity contribution in [1.29, 1.82) is 0 Å². The van der Waals surface area contributed by atoms with Gasteiger partial charge in [-0.3, -0.25) is 4.98 Å². The molecule has 2 N–H and O–H groups in total. The van der Waals surface area contributed by atoms with E-state index in [0.29, 0.717) is 17.9 Å². The Bertz CT molecular complexity index is 303. The Kier molecular flexibility index (Phi) is 2.84. The lowest BCUT2D eigenvalue weighted by atomic mass is 10.1. The average molecular weight is 180 g/mol. The summed E-state index contributed by atoms with van der Waals surface area (Å²) in [5.74, 6) is -0.389. The van der Waals surface area contributed by atoms with Crippen molar-refractivity contribution in [3.63, 3.8) is 0 Å². The number of hydrogen-bond donors (Lipinski definition) is 1. The maximum Gasteiger partial charge on any atom is 0.340 e. The summed E-state index contributed by atoms with van der Waals surface area (Å²) >= 11 is 0. The quantitative estimate of drug-likeness (QED) is 0.693. The molecule has 0 amide bonds. The van der Waals surface area contributed by atoms with E-state index >= 15 is 0 Å². The van der Waals surface area contributed by atoms with Gasteiger partial charge in [0.1, 0.15) is 0 Å². The van der Waals surface area contributed by atoms with Crippen LogP contribution in [0.15, 0.2) is 12.4 Å². The maximum absolute atomic E-state index is 11.4. The van der Waals surface area contributed by atoms with E-state index in [1.807, 2.05) is 0 Å². The third-order valence-corrected chi connectivity index (χ3v) is 1.64. The number of aryl methyl sites for hydroxylation is 1. The molecule has 13 heavy (non-hydrogen) atoms. The maximum atomic E-state index is 11.4. The minimum atomic E-state index is -0.389. The molecule has 0 aromatic carbocycles. The molecule has 1 heterocycles. The van der Waals surface area contributed by atoms with Gasteiger partial charge in [-0.2, -0.15) is 0 Å². The van der Waals surface area contributed by atoms with Gasteiger partial charge in [0, 0.05) is 6.20 Å². The standard InChI is InChI=1S/C9H12N2O2/c1-3-13-9(12)8-6(2)4-11-5-7(8)10/h4-5H,3,10H2,1-2H3. The predicted octanol–water partition coefficient (Wildman–Crippen LogP) is 1.15. The van der Waals surface area contributed by atoms with E-state index in [0.717, 1.165) is 5.56 Å². The van der Waals surface area contributed by atoms with Gasteiger partial charge in [0.2, 0.25) is 0 Å². The molecule has 0 atom stereocenters. The lowest BCUT2D eigenvalue weighted by molar-refractivity contribution is 0.0526. The van der Waals surface area contributed by atoms with Crippen molar-refractivity contribution in [2.75, 3.05) is 12.3 Å². The Labute approximate surface area is 76.7 Å². The highest BCUT2D eigenvalue weighted by Gasteiger charge is 2.13. The molecule has 0 bridgehead atoms. The first kappa shape index (κ1) is 9.51. The fourth-order valence-corrected chi connectivity index (χ4v) is 1.07. The molecule has 0 aliphatic carbocycles. The van der Waals surface area contributed by atoms with Gasteiger partial charge in [-0.1, -0.05) is 0 Å². The Morgan fingerprint density at radius 3 is 2.85 bits per heavy atom. The summed E-state index contributed by atoms with van der Waals surface area (Å²) in [4.78, 5) is 15.2. The second-order valence-electron chi connectivity index (χ2n) is 2.64. The van der Waals surface area contributed by atoms with Gasteiger partial charge in [0.05, 0.1) is 24.1 Å². The fourth-order valence-electron chi connectivity index (χ4n) is 1.07. The molecule has 4 heteroatoms. The van der Waals surface area contributed by atoms with E-state index in [9.17, 15) is 4.79 Å². The molecule has 0 aliphatic rings. The molecular weight excluding hydrogens is 168 g/mol. The number of rotatable bonds is 2. The summed E-state index contributed by atoms with van der Waals surface area (Å²) in [7, 11) is 0. The second kappa shape index (κ2) is 3.89. The van der Waals surface area contributed by atoms with Gasteiger partial charge in [0.25, 0.3) is 0 Å². The molecule has 1 aromatic heterocycles. The predicted molar refractivity (Wildman–Crippen MR) is 49.3 cm³/mol. The number of nitrogen functional groups attached to an aromatic ring is 1. The number of carbonyl (C=O) groups excluding carboxylic acids is 1. The Hall–Kier alpha value is -1.58. The van der Waals surface area contributed by atoms with Crippen LogP contribution < -0.4 is 5.73 Å². The van der Waals surface area contributed by atoms with Crippen LogP contribution in [0.5, 0.6) is 0 Å². The summed E-state index contributed by atoms with van der Waals surface area (Å²) < 4.78 is 4.84. The normalized spacial score (nSPS) is 9.69. The van der Waals surface area contributed by atoms with Crippen molar-refractivity contribution in [2.45, 2.75) is 13.8 Å². The Morgan fingerprint density at radius 1 is 1.62 bits per heavy atom. The number of nitrogens with zero attached hydrogens (tertiary/aromatic N) is 1. The van der Waals surface area contributed by atoms with Crippen LogP contribution in [0, 0.1) is 6.92 Å². The van der Waals surface area contributed by atoms with Gasteiger partial charge in [-0.05, 0) is 19.4 Å². The number of esters is 1. The number of carbonyl (C=O) groups is 1. The van der Waals surface area contributed by atoms with Crippen LogP contribution in [0.4, 0.5) is 5.69 Å². The van der Waals surface area contributed by atoms with E-state index in [1.165, 1.54) is 6.20 Å². The monoisotopic (exact) mass is 180 g/mol. The largest absolute Gasteiger partial charge is 0.462 e. The molecule has 0 saturated carbocycles. The first-order valence-corrected chi connectivity index (χ1v) is 4.04. The topological polar surface area (TPSA) is 65.2 Å². The highest BCUT2D eigenvalue weighted by molar-refractivity contribution is 5.96. The van der Waals surface area contributed by atoms with E-state index < -0.39 is 0 Å². The lowest BCUT2D eigenvalue weighted by Gasteiger charge is -2.06. The van der Waals surface area contributed by atoms with Crippen LogP contribution in [-0.2, 0) is 4.74 Å². The highest BCUT2D eigenvalue weighted by atomic mass is 16.5. The molecule has 1 aromatic rings. The van der Waals surface area contributed by atoms with Crippen LogP contribution >= 0.6 is 0 Å². The van der Waals surface area contributed by atoms with Crippen molar-refractivity contribution in [2.24, 2.45) is 0 Å². The van der Waals surface area contributed by atoms with Crippen LogP contribution in [0.1, 0.15) is 22.8 Å². The SMILES string of the molecule is CCOC(=O)c1c(C)cncc1N. The third kappa shape index (κ3) is 1.96. The minimum absolute atomic E-state index is 0.347. The molecule has 0 radical (unpaired) electrons. The van der Waals surface area contributed by atoms with Crippen LogP contribution in [0.3, 0.4) is 0 Å². The van der Waals surface area contributed by atoms with E-state index in [4.69, 9.17) is 10.5 Å². The van der Waals surface area contributed by atoms with Gasteiger partial charge < -0.3 is 10.5 Å². The van der Waals surface area contributed by atoms with Crippen molar-refractivity contribution in [3.05, 3.63) is 23.5 Å². The number of pyridine rings is 1. The molecule has 70 valence electrons. The summed E-state index contributed by atoms with van der Waals surface area (Å²) in [6, 6.07) is 0. The van der Waals surface area contributed by atoms with Crippen molar-refractivity contribution < 1.29 is 9.53 Å². The number of aromatic nitrogens is 1. The second-order valence-corrected chi connectivity index (χ2v) is 2.64. The Balaban J connectivity index is 3.05. The Morgan fingerprint density at radius 2 is 2.31 bits per heavy atom. The summed E-state index contributed by atoms with van der Waals surface area (Å²) in [5, 5.41) is 0. The molecule has 0 fully saturated rings. The highest BCUT2D eigenvalue weighted by Crippen LogP contribution is 2.15. The van der Waals surface area contributed by atoms with Gasteiger partial charge >= 0.3 is 5.97 Å². The molecular formula is C9H12N2O2. The number of hydrogen-bond acceptors (Lipinski definition) is 4. The molecule has 0 saturated heterocycles. The smallest absolute Gasteiger partial charge is 0.340 e.